The summed E-state index contributed by atoms with van der Waals surface area (Å²) in [5, 5.41) is 4.13. The molecule has 0 radical (unpaired) electrons. The third kappa shape index (κ3) is 3.76. The first kappa shape index (κ1) is 18.2. The molecule has 0 aliphatic carbocycles. The molecular weight excluding hydrogens is 354 g/mol. The van der Waals surface area contributed by atoms with Crippen molar-refractivity contribution < 1.29 is 14.1 Å². The molecule has 6 heteroatoms. The van der Waals surface area contributed by atoms with Gasteiger partial charge in [-0.2, -0.15) is 4.98 Å². The highest BCUT2D eigenvalue weighted by Gasteiger charge is 2.28. The van der Waals surface area contributed by atoms with E-state index in [0.717, 1.165) is 18.4 Å². The second-order valence-electron chi connectivity index (χ2n) is 7.12. The van der Waals surface area contributed by atoms with Gasteiger partial charge in [-0.25, -0.2) is 0 Å². The van der Waals surface area contributed by atoms with Gasteiger partial charge < -0.3 is 14.2 Å². The van der Waals surface area contributed by atoms with Crippen LogP contribution in [-0.4, -0.2) is 41.1 Å². The Bertz CT molecular complexity index is 957. The number of nitrogens with zero attached hydrogens (tertiary/aromatic N) is 3. The van der Waals surface area contributed by atoms with Gasteiger partial charge in [0.15, 0.2) is 0 Å². The molecule has 2 heterocycles. The van der Waals surface area contributed by atoms with Gasteiger partial charge in [0.25, 0.3) is 5.91 Å². The smallest absolute Gasteiger partial charge is 0.253 e. The quantitative estimate of drug-likeness (QED) is 0.685. The summed E-state index contributed by atoms with van der Waals surface area (Å²) in [5.41, 5.74) is 2.80. The summed E-state index contributed by atoms with van der Waals surface area (Å²) < 4.78 is 10.7. The molecule has 1 aromatic heterocycles. The fraction of sp³-hybridized carbons (Fsp3) is 0.318. The van der Waals surface area contributed by atoms with E-state index in [-0.39, 0.29) is 11.8 Å². The molecule has 2 aromatic carbocycles. The number of carbonyl (C=O) groups is 1. The van der Waals surface area contributed by atoms with Crippen molar-refractivity contribution in [1.82, 2.24) is 15.0 Å². The van der Waals surface area contributed by atoms with Crippen molar-refractivity contribution in [2.24, 2.45) is 0 Å². The van der Waals surface area contributed by atoms with Crippen LogP contribution in [0.25, 0.3) is 11.4 Å². The Hall–Kier alpha value is -3.15. The molecule has 6 nitrogen and oxygen atoms in total. The van der Waals surface area contributed by atoms with Crippen LogP contribution in [0.1, 0.15) is 40.6 Å². The predicted octanol–water partition coefficient (Wildman–Crippen LogP) is 4.07. The third-order valence-corrected chi connectivity index (χ3v) is 5.20. The average molecular weight is 377 g/mol. The topological polar surface area (TPSA) is 68.5 Å². The summed E-state index contributed by atoms with van der Waals surface area (Å²) in [6.45, 7) is 3.39. The lowest BCUT2D eigenvalue weighted by Gasteiger charge is -2.30. The Balaban J connectivity index is 1.40. The number of piperidine rings is 1. The molecule has 0 saturated carbocycles. The molecule has 0 bridgehead atoms. The maximum atomic E-state index is 12.7. The second kappa shape index (κ2) is 7.84. The number of rotatable bonds is 4. The molecule has 4 rings (SSSR count). The Labute approximate surface area is 164 Å². The standard InChI is InChI=1S/C22H23N3O3/c1-15-6-8-16(9-7-15)20-23-21(28-24-20)17-10-12-25(13-11-17)22(26)18-4-3-5-19(14-18)27-2/h3-9,14,17H,10-13H2,1-2H3. The summed E-state index contributed by atoms with van der Waals surface area (Å²) in [4.78, 5) is 19.2. The van der Waals surface area contributed by atoms with Gasteiger partial charge in [0.1, 0.15) is 5.75 Å². The zero-order valence-electron chi connectivity index (χ0n) is 16.1. The largest absolute Gasteiger partial charge is 0.497 e. The fourth-order valence-corrected chi connectivity index (χ4v) is 3.49. The van der Waals surface area contributed by atoms with Crippen molar-refractivity contribution in [2.75, 3.05) is 20.2 Å². The Morgan fingerprint density at radius 3 is 2.61 bits per heavy atom. The SMILES string of the molecule is COc1cccc(C(=O)N2CCC(c3nc(-c4ccc(C)cc4)no3)CC2)c1. The van der Waals surface area contributed by atoms with Gasteiger partial charge in [0, 0.05) is 30.1 Å². The van der Waals surface area contributed by atoms with Crippen molar-refractivity contribution in [3.8, 4) is 17.1 Å². The van der Waals surface area contributed by atoms with Gasteiger partial charge in [-0.1, -0.05) is 41.1 Å². The van der Waals surface area contributed by atoms with E-state index in [1.54, 1.807) is 13.2 Å². The summed E-state index contributed by atoms with van der Waals surface area (Å²) in [5.74, 6) is 2.17. The van der Waals surface area contributed by atoms with E-state index in [0.29, 0.717) is 36.1 Å². The molecule has 1 aliphatic rings. The van der Waals surface area contributed by atoms with Gasteiger partial charge in [0.2, 0.25) is 11.7 Å². The zero-order chi connectivity index (χ0) is 19.5. The minimum Gasteiger partial charge on any atom is -0.497 e. The summed E-state index contributed by atoms with van der Waals surface area (Å²) in [7, 11) is 1.60. The summed E-state index contributed by atoms with van der Waals surface area (Å²) >= 11 is 0. The van der Waals surface area contributed by atoms with E-state index in [2.05, 4.69) is 10.1 Å². The van der Waals surface area contributed by atoms with Gasteiger partial charge in [0.05, 0.1) is 7.11 Å². The molecule has 1 amide bonds. The number of benzene rings is 2. The number of methoxy groups -OCH3 is 1. The lowest BCUT2D eigenvalue weighted by atomic mass is 9.96. The highest BCUT2D eigenvalue weighted by molar-refractivity contribution is 5.94. The first-order valence-electron chi connectivity index (χ1n) is 9.48. The molecule has 28 heavy (non-hydrogen) atoms. The van der Waals surface area contributed by atoms with Crippen molar-refractivity contribution in [3.63, 3.8) is 0 Å². The molecule has 0 atom stereocenters. The Kier molecular flexibility index (Phi) is 5.10. The maximum Gasteiger partial charge on any atom is 0.253 e. The van der Waals surface area contributed by atoms with Crippen LogP contribution in [0.2, 0.25) is 0 Å². The van der Waals surface area contributed by atoms with Gasteiger partial charge >= 0.3 is 0 Å². The minimum absolute atomic E-state index is 0.0308. The summed E-state index contributed by atoms with van der Waals surface area (Å²) in [6.07, 6.45) is 1.62. The number of carbonyl (C=O) groups excluding carboxylic acids is 1. The molecule has 3 aromatic rings. The molecule has 1 saturated heterocycles. The molecule has 0 unspecified atom stereocenters. The first-order chi connectivity index (χ1) is 13.6. The molecule has 144 valence electrons. The monoisotopic (exact) mass is 377 g/mol. The van der Waals surface area contributed by atoms with Gasteiger partial charge in [-0.3, -0.25) is 4.79 Å². The lowest BCUT2D eigenvalue weighted by Crippen LogP contribution is -2.38. The van der Waals surface area contributed by atoms with Crippen LogP contribution in [-0.2, 0) is 0 Å². The van der Waals surface area contributed by atoms with Crippen LogP contribution in [0.3, 0.4) is 0 Å². The highest BCUT2D eigenvalue weighted by atomic mass is 16.5. The number of aromatic nitrogens is 2. The van der Waals surface area contributed by atoms with E-state index < -0.39 is 0 Å². The molecule has 1 fully saturated rings. The number of hydrogen-bond donors (Lipinski definition) is 0. The van der Waals surface area contributed by atoms with E-state index >= 15 is 0 Å². The normalized spacial score (nSPS) is 14.9. The Morgan fingerprint density at radius 2 is 1.89 bits per heavy atom. The number of aryl methyl sites for hydroxylation is 1. The maximum absolute atomic E-state index is 12.7. The fourth-order valence-electron chi connectivity index (χ4n) is 3.49. The third-order valence-electron chi connectivity index (χ3n) is 5.20. The summed E-state index contributed by atoms with van der Waals surface area (Å²) in [6, 6.07) is 15.3. The first-order valence-corrected chi connectivity index (χ1v) is 9.48. The van der Waals surface area contributed by atoms with Crippen LogP contribution >= 0.6 is 0 Å². The van der Waals surface area contributed by atoms with Crippen molar-refractivity contribution >= 4 is 5.91 Å². The number of hydrogen-bond acceptors (Lipinski definition) is 5. The molecular formula is C22H23N3O3. The van der Waals surface area contributed by atoms with Crippen molar-refractivity contribution in [2.45, 2.75) is 25.7 Å². The van der Waals surface area contributed by atoms with Gasteiger partial charge in [-0.15, -0.1) is 0 Å². The van der Waals surface area contributed by atoms with E-state index in [4.69, 9.17) is 9.26 Å². The number of ether oxygens (including phenoxy) is 1. The van der Waals surface area contributed by atoms with Crippen molar-refractivity contribution in [1.29, 1.82) is 0 Å². The van der Waals surface area contributed by atoms with Crippen LogP contribution in [0.5, 0.6) is 5.75 Å². The number of likely N-dealkylation sites (tertiary alicyclic amines) is 1. The van der Waals surface area contributed by atoms with E-state index in [1.807, 2.05) is 54.3 Å². The minimum atomic E-state index is 0.0308. The number of amides is 1. The van der Waals surface area contributed by atoms with Crippen molar-refractivity contribution in [3.05, 3.63) is 65.5 Å². The molecule has 1 aliphatic heterocycles. The predicted molar refractivity (Wildman–Crippen MR) is 105 cm³/mol. The van der Waals surface area contributed by atoms with Crippen LogP contribution < -0.4 is 4.74 Å². The van der Waals surface area contributed by atoms with Crippen LogP contribution in [0, 0.1) is 6.92 Å². The lowest BCUT2D eigenvalue weighted by molar-refractivity contribution is 0.0704. The Morgan fingerprint density at radius 1 is 1.14 bits per heavy atom. The van der Waals surface area contributed by atoms with Crippen LogP contribution in [0.15, 0.2) is 53.1 Å². The second-order valence-corrected chi connectivity index (χ2v) is 7.12. The van der Waals surface area contributed by atoms with Crippen LogP contribution in [0.4, 0.5) is 0 Å². The van der Waals surface area contributed by atoms with E-state index in [9.17, 15) is 4.79 Å². The van der Waals surface area contributed by atoms with E-state index in [1.165, 1.54) is 5.56 Å². The zero-order valence-corrected chi connectivity index (χ0v) is 16.1. The average Bonchev–Trinajstić information content (AvgIpc) is 3.24. The highest BCUT2D eigenvalue weighted by Crippen LogP contribution is 2.29. The molecule has 0 N–H and O–H groups in total. The van der Waals surface area contributed by atoms with Gasteiger partial charge in [-0.05, 0) is 38.0 Å². The molecule has 0 spiro atoms.